The summed E-state index contributed by atoms with van der Waals surface area (Å²) in [5, 5.41) is 19.1. The fraction of sp³-hybridized carbons (Fsp3) is 0.704. The molecule has 0 radical (unpaired) electrons. The summed E-state index contributed by atoms with van der Waals surface area (Å²) in [5.41, 5.74) is 4.93. The van der Waals surface area contributed by atoms with Crippen LogP contribution in [0, 0.1) is 29.1 Å². The van der Waals surface area contributed by atoms with Gasteiger partial charge in [-0.15, -0.1) is 0 Å². The van der Waals surface area contributed by atoms with Crippen molar-refractivity contribution in [3.63, 3.8) is 0 Å². The molecule has 2 heteroatoms. The number of aliphatic hydroxyl groups excluding tert-OH is 2. The van der Waals surface area contributed by atoms with Gasteiger partial charge in [0.1, 0.15) is 0 Å². The zero-order valence-corrected chi connectivity index (χ0v) is 19.1. The summed E-state index contributed by atoms with van der Waals surface area (Å²) in [6.07, 6.45) is 13.1. The van der Waals surface area contributed by atoms with Crippen LogP contribution in [0.2, 0.25) is 0 Å². The van der Waals surface area contributed by atoms with Gasteiger partial charge in [0.05, 0.1) is 13.2 Å². The molecular weight excluding hydrogens is 356 g/mol. The Kier molecular flexibility index (Phi) is 7.62. The maximum Gasteiger partial charge on any atom is 0.0685 e. The van der Waals surface area contributed by atoms with E-state index in [4.69, 9.17) is 0 Å². The molecule has 2 saturated carbocycles. The Hall–Kier alpha value is -1.12. The number of aliphatic hydroxyl groups is 2. The minimum absolute atomic E-state index is 0.00990. The molecule has 2 nitrogen and oxygen atoms in total. The van der Waals surface area contributed by atoms with Crippen molar-refractivity contribution in [1.29, 1.82) is 0 Å². The highest BCUT2D eigenvalue weighted by molar-refractivity contribution is 5.56. The molecule has 2 N–H and O–H groups in total. The molecule has 2 aliphatic rings. The lowest BCUT2D eigenvalue weighted by Gasteiger charge is -2.44. The molecule has 0 unspecified atom stereocenters. The molecule has 0 amide bonds. The number of hydrogen-bond donors (Lipinski definition) is 2. The molecule has 0 saturated heterocycles. The van der Waals surface area contributed by atoms with Gasteiger partial charge >= 0.3 is 0 Å². The van der Waals surface area contributed by atoms with Crippen molar-refractivity contribution in [2.45, 2.75) is 92.3 Å². The smallest absolute Gasteiger partial charge is 0.0685 e. The van der Waals surface area contributed by atoms with Crippen molar-refractivity contribution >= 4 is 6.08 Å². The van der Waals surface area contributed by atoms with Crippen molar-refractivity contribution in [3.05, 3.63) is 40.5 Å². The van der Waals surface area contributed by atoms with Crippen LogP contribution >= 0.6 is 0 Å². The van der Waals surface area contributed by atoms with E-state index in [1.807, 2.05) is 6.07 Å². The van der Waals surface area contributed by atoms with Crippen LogP contribution in [0.3, 0.4) is 0 Å². The third kappa shape index (κ3) is 4.97. The lowest BCUT2D eigenvalue weighted by atomic mass is 9.60. The molecule has 1 aromatic carbocycles. The first-order valence-corrected chi connectivity index (χ1v) is 11.9. The second-order valence-electron chi connectivity index (χ2n) is 10.5. The topological polar surface area (TPSA) is 40.5 Å². The third-order valence-electron chi connectivity index (χ3n) is 8.09. The van der Waals surface area contributed by atoms with Crippen LogP contribution in [0.1, 0.15) is 95.8 Å². The summed E-state index contributed by atoms with van der Waals surface area (Å²) < 4.78 is 0. The van der Waals surface area contributed by atoms with E-state index in [1.165, 1.54) is 56.9 Å². The number of rotatable bonds is 8. The van der Waals surface area contributed by atoms with Crippen LogP contribution in [0.4, 0.5) is 0 Å². The Morgan fingerprint density at radius 3 is 2.52 bits per heavy atom. The van der Waals surface area contributed by atoms with E-state index in [2.05, 4.69) is 45.9 Å². The van der Waals surface area contributed by atoms with Crippen LogP contribution in [-0.2, 0) is 13.2 Å². The lowest BCUT2D eigenvalue weighted by molar-refractivity contribution is 0.0935. The van der Waals surface area contributed by atoms with Gasteiger partial charge in [0.25, 0.3) is 0 Å². The van der Waals surface area contributed by atoms with Crippen LogP contribution < -0.4 is 0 Å². The van der Waals surface area contributed by atoms with Crippen LogP contribution in [0.15, 0.2) is 23.8 Å². The van der Waals surface area contributed by atoms with Crippen LogP contribution in [-0.4, -0.2) is 10.2 Å². The van der Waals surface area contributed by atoms with E-state index in [1.54, 1.807) is 5.57 Å². The van der Waals surface area contributed by atoms with Crippen LogP contribution in [0.25, 0.3) is 6.08 Å². The fourth-order valence-electron chi connectivity index (χ4n) is 6.49. The third-order valence-corrected chi connectivity index (χ3v) is 8.09. The van der Waals surface area contributed by atoms with Crippen molar-refractivity contribution in [1.82, 2.24) is 0 Å². The quantitative estimate of drug-likeness (QED) is 0.509. The average Bonchev–Trinajstić information content (AvgIpc) is 3.05. The lowest BCUT2D eigenvalue weighted by Crippen LogP contribution is -2.36. The number of benzene rings is 1. The van der Waals surface area contributed by atoms with E-state index in [0.717, 1.165) is 28.9 Å². The zero-order chi connectivity index (χ0) is 21.0. The first-order valence-electron chi connectivity index (χ1n) is 11.9. The molecule has 2 fully saturated rings. The summed E-state index contributed by atoms with van der Waals surface area (Å²) in [6.45, 7) is 9.75. The second-order valence-corrected chi connectivity index (χ2v) is 10.5. The standard InChI is InChI=1S/C27H42O2/c1-19(2)7-5-8-20(3)25-12-13-26-22(9-6-14-27(25,26)4)15-21-10-11-23(17-28)24(16-21)18-29/h10-11,15-16,19-20,25-26,28-29H,5-9,12-14,17-18H2,1-4H3/b22-15+/t20-,25-,26+,27-/m1/s1. The molecular formula is C27H42O2. The Morgan fingerprint density at radius 2 is 1.83 bits per heavy atom. The molecule has 0 heterocycles. The monoisotopic (exact) mass is 398 g/mol. The number of fused-ring (bicyclic) bond motifs is 1. The second kappa shape index (κ2) is 9.79. The SMILES string of the molecule is CC(C)CCC[C@@H](C)[C@H]1CC[C@H]2/C(=C/c3ccc(CO)c(CO)c3)CCC[C@]12C. The number of hydrogen-bond acceptors (Lipinski definition) is 2. The van der Waals surface area contributed by atoms with Gasteiger partial charge in [-0.2, -0.15) is 0 Å². The van der Waals surface area contributed by atoms with Gasteiger partial charge in [0, 0.05) is 0 Å². The molecule has 162 valence electrons. The van der Waals surface area contributed by atoms with Gasteiger partial charge in [0.2, 0.25) is 0 Å². The van der Waals surface area contributed by atoms with Gasteiger partial charge in [-0.3, -0.25) is 0 Å². The molecule has 0 spiro atoms. The summed E-state index contributed by atoms with van der Waals surface area (Å²) in [6, 6.07) is 6.13. The van der Waals surface area contributed by atoms with E-state index in [-0.39, 0.29) is 13.2 Å². The molecule has 3 rings (SSSR count). The Balaban J connectivity index is 1.76. The fourth-order valence-corrected chi connectivity index (χ4v) is 6.49. The molecule has 2 aliphatic carbocycles. The van der Waals surface area contributed by atoms with Gasteiger partial charge < -0.3 is 10.2 Å². The summed E-state index contributed by atoms with van der Waals surface area (Å²) in [7, 11) is 0. The van der Waals surface area contributed by atoms with Crippen LogP contribution in [0.5, 0.6) is 0 Å². The highest BCUT2D eigenvalue weighted by Gasteiger charge is 2.50. The van der Waals surface area contributed by atoms with E-state index in [9.17, 15) is 10.2 Å². The van der Waals surface area contributed by atoms with Gasteiger partial charge in [-0.25, -0.2) is 0 Å². The Morgan fingerprint density at radius 1 is 1.07 bits per heavy atom. The summed E-state index contributed by atoms with van der Waals surface area (Å²) >= 11 is 0. The largest absolute Gasteiger partial charge is 0.392 e. The van der Waals surface area contributed by atoms with Crippen molar-refractivity contribution in [3.8, 4) is 0 Å². The Labute approximate surface area is 178 Å². The zero-order valence-electron chi connectivity index (χ0n) is 19.1. The first kappa shape index (κ1) is 22.6. The molecule has 29 heavy (non-hydrogen) atoms. The number of allylic oxidation sites excluding steroid dienone is 1. The summed E-state index contributed by atoms with van der Waals surface area (Å²) in [5.74, 6) is 3.21. The normalized spacial score (nSPS) is 29.4. The predicted molar refractivity (Wildman–Crippen MR) is 122 cm³/mol. The predicted octanol–water partition coefficient (Wildman–Crippen LogP) is 6.73. The van der Waals surface area contributed by atoms with E-state index in [0.29, 0.717) is 11.3 Å². The minimum atomic E-state index is -0.0101. The Bertz CT molecular complexity index is 704. The van der Waals surface area contributed by atoms with Crippen molar-refractivity contribution in [2.75, 3.05) is 0 Å². The maximum atomic E-state index is 9.64. The molecule has 4 atom stereocenters. The highest BCUT2D eigenvalue weighted by atomic mass is 16.3. The van der Waals surface area contributed by atoms with E-state index >= 15 is 0 Å². The van der Waals surface area contributed by atoms with Gasteiger partial charge in [-0.1, -0.05) is 70.7 Å². The van der Waals surface area contributed by atoms with E-state index < -0.39 is 0 Å². The molecule has 0 bridgehead atoms. The van der Waals surface area contributed by atoms with Crippen molar-refractivity contribution in [2.24, 2.45) is 29.1 Å². The summed E-state index contributed by atoms with van der Waals surface area (Å²) in [4.78, 5) is 0. The average molecular weight is 399 g/mol. The minimum Gasteiger partial charge on any atom is -0.392 e. The maximum absolute atomic E-state index is 9.64. The van der Waals surface area contributed by atoms with Gasteiger partial charge in [-0.05, 0) is 83.9 Å². The van der Waals surface area contributed by atoms with Crippen molar-refractivity contribution < 1.29 is 10.2 Å². The molecule has 1 aromatic rings. The molecule has 0 aliphatic heterocycles. The highest BCUT2D eigenvalue weighted by Crippen LogP contribution is 2.60. The van der Waals surface area contributed by atoms with Gasteiger partial charge in [0.15, 0.2) is 0 Å². The first-order chi connectivity index (χ1) is 13.9. The molecule has 0 aromatic heterocycles.